The molecule has 6 nitrogen and oxygen atoms in total. The van der Waals surface area contributed by atoms with Crippen molar-refractivity contribution < 1.29 is 5.11 Å². The lowest BCUT2D eigenvalue weighted by Gasteiger charge is -2.51. The number of benzene rings is 1. The van der Waals surface area contributed by atoms with Crippen LogP contribution in [0, 0.1) is 0 Å². The van der Waals surface area contributed by atoms with E-state index in [1.54, 1.807) is 31.0 Å². The van der Waals surface area contributed by atoms with Crippen LogP contribution in [-0.4, -0.2) is 35.7 Å². The Morgan fingerprint density at radius 1 is 1.10 bits per heavy atom. The largest absolute Gasteiger partial charge is 0.507 e. The van der Waals surface area contributed by atoms with E-state index in [1.807, 2.05) is 22.9 Å². The van der Waals surface area contributed by atoms with Crippen molar-refractivity contribution in [3.05, 3.63) is 60.6 Å². The van der Waals surface area contributed by atoms with Gasteiger partial charge >= 0.3 is 0 Å². The fourth-order valence-corrected chi connectivity index (χ4v) is 5.22. The van der Waals surface area contributed by atoms with Crippen LogP contribution in [0.2, 0.25) is 0 Å². The molecule has 2 fully saturated rings. The van der Waals surface area contributed by atoms with Gasteiger partial charge in [0.15, 0.2) is 0 Å². The highest BCUT2D eigenvalue weighted by Crippen LogP contribution is 2.42. The summed E-state index contributed by atoms with van der Waals surface area (Å²) >= 11 is 0. The van der Waals surface area contributed by atoms with Gasteiger partial charge in [0.2, 0.25) is 0 Å². The molecule has 4 heterocycles. The lowest BCUT2D eigenvalue weighted by atomic mass is 9.69. The number of rotatable bonds is 3. The van der Waals surface area contributed by atoms with Crippen molar-refractivity contribution in [2.24, 2.45) is 0 Å². The maximum Gasteiger partial charge on any atom is 0.127 e. The van der Waals surface area contributed by atoms with Crippen LogP contribution in [0.1, 0.15) is 51.6 Å². The molecule has 0 spiro atoms. The van der Waals surface area contributed by atoms with Gasteiger partial charge < -0.3 is 15.0 Å². The van der Waals surface area contributed by atoms with Crippen molar-refractivity contribution >= 4 is 6.08 Å². The van der Waals surface area contributed by atoms with Gasteiger partial charge in [-0.15, -0.1) is 0 Å². The number of nitrogens with one attached hydrogen (secondary N) is 1. The van der Waals surface area contributed by atoms with Gasteiger partial charge in [-0.3, -0.25) is 9.97 Å². The molecule has 154 valence electrons. The molecule has 30 heavy (non-hydrogen) atoms. The number of phenols is 1. The van der Waals surface area contributed by atoms with Gasteiger partial charge in [-0.2, -0.15) is 0 Å². The number of hydrogen-bond acceptors (Lipinski definition) is 5. The summed E-state index contributed by atoms with van der Waals surface area (Å²) in [6.45, 7) is 4.67. The second-order valence-corrected chi connectivity index (χ2v) is 9.25. The lowest BCUT2D eigenvalue weighted by molar-refractivity contribution is 0.124. The first kappa shape index (κ1) is 19.0. The fraction of sp³-hybridized carbons (Fsp3) is 0.375. The summed E-state index contributed by atoms with van der Waals surface area (Å²) in [5, 5.41) is 14.4. The van der Waals surface area contributed by atoms with Crippen LogP contribution in [0.25, 0.3) is 23.0 Å². The maximum atomic E-state index is 10.5. The molecule has 2 bridgehead atoms. The Labute approximate surface area is 176 Å². The smallest absolute Gasteiger partial charge is 0.127 e. The minimum atomic E-state index is 0.175. The molecule has 2 atom stereocenters. The van der Waals surface area contributed by atoms with E-state index in [0.717, 1.165) is 24.2 Å². The second kappa shape index (κ2) is 7.06. The van der Waals surface area contributed by atoms with Crippen LogP contribution in [-0.2, 0) is 0 Å². The first-order valence-corrected chi connectivity index (χ1v) is 10.5. The number of piperidine rings is 2. The second-order valence-electron chi connectivity index (χ2n) is 9.25. The van der Waals surface area contributed by atoms with E-state index in [4.69, 9.17) is 0 Å². The molecule has 0 unspecified atom stereocenters. The first-order chi connectivity index (χ1) is 14.4. The minimum absolute atomic E-state index is 0.175. The van der Waals surface area contributed by atoms with Crippen molar-refractivity contribution in [3.8, 4) is 22.7 Å². The average Bonchev–Trinajstić information content (AvgIpc) is 3.22. The Morgan fingerprint density at radius 3 is 2.53 bits per heavy atom. The Kier molecular flexibility index (Phi) is 4.47. The zero-order chi connectivity index (χ0) is 20.8. The number of aromatic hydroxyl groups is 1. The van der Waals surface area contributed by atoms with E-state index in [2.05, 4.69) is 40.2 Å². The van der Waals surface area contributed by atoms with Gasteiger partial charge in [0, 0.05) is 35.1 Å². The molecule has 2 aliphatic rings. The molecule has 2 aliphatic heterocycles. The van der Waals surface area contributed by atoms with E-state index < -0.39 is 0 Å². The molecule has 0 aliphatic carbocycles. The number of imidazole rings is 1. The number of aromatic nitrogens is 4. The van der Waals surface area contributed by atoms with E-state index >= 15 is 0 Å². The molecule has 0 amide bonds. The Balaban J connectivity index is 1.38. The molecule has 1 aromatic carbocycles. The number of fused-ring (bicyclic) bond motifs is 2. The van der Waals surface area contributed by atoms with Crippen LogP contribution < -0.4 is 5.32 Å². The summed E-state index contributed by atoms with van der Waals surface area (Å²) in [7, 11) is 0. The van der Waals surface area contributed by atoms with Crippen LogP contribution in [0.5, 0.6) is 5.75 Å². The highest BCUT2D eigenvalue weighted by molar-refractivity contribution is 5.68. The molecular formula is C24H27N5O. The van der Waals surface area contributed by atoms with Crippen LogP contribution in [0.3, 0.4) is 0 Å². The molecule has 3 aromatic rings. The van der Waals surface area contributed by atoms with Crippen LogP contribution in [0.4, 0.5) is 0 Å². The van der Waals surface area contributed by atoms with Gasteiger partial charge in [0.1, 0.15) is 5.75 Å². The monoisotopic (exact) mass is 401 g/mol. The highest BCUT2D eigenvalue weighted by Gasteiger charge is 2.43. The van der Waals surface area contributed by atoms with Gasteiger partial charge in [0.25, 0.3) is 0 Å². The predicted octanol–water partition coefficient (Wildman–Crippen LogP) is 4.50. The molecule has 2 aromatic heterocycles. The van der Waals surface area contributed by atoms with E-state index in [-0.39, 0.29) is 16.8 Å². The zero-order valence-corrected chi connectivity index (χ0v) is 17.5. The Bertz CT molecular complexity index is 1070. The minimum Gasteiger partial charge on any atom is -0.507 e. The van der Waals surface area contributed by atoms with Crippen LogP contribution >= 0.6 is 0 Å². The van der Waals surface area contributed by atoms with E-state index in [1.165, 1.54) is 24.8 Å². The third-order valence-electron chi connectivity index (χ3n) is 6.38. The number of nitrogens with zero attached hydrogens (tertiary/aromatic N) is 4. The molecule has 2 N–H and O–H groups in total. The molecule has 0 saturated carbocycles. The predicted molar refractivity (Wildman–Crippen MR) is 117 cm³/mol. The van der Waals surface area contributed by atoms with Gasteiger partial charge in [-0.05, 0) is 64.2 Å². The summed E-state index contributed by atoms with van der Waals surface area (Å²) in [6, 6.07) is 5.51. The topological polar surface area (TPSA) is 75.9 Å². The average molecular weight is 402 g/mol. The highest BCUT2D eigenvalue weighted by atomic mass is 16.3. The number of hydrogen-bond donors (Lipinski definition) is 2. The van der Waals surface area contributed by atoms with Gasteiger partial charge in [-0.1, -0.05) is 5.57 Å². The summed E-state index contributed by atoms with van der Waals surface area (Å²) in [5.41, 5.74) is 4.86. The fourth-order valence-electron chi connectivity index (χ4n) is 5.22. The van der Waals surface area contributed by atoms with E-state index in [0.29, 0.717) is 11.3 Å². The summed E-state index contributed by atoms with van der Waals surface area (Å²) in [4.78, 5) is 13.2. The van der Waals surface area contributed by atoms with Gasteiger partial charge in [0.05, 0.1) is 35.8 Å². The molecule has 2 saturated heterocycles. The Morgan fingerprint density at radius 2 is 1.90 bits per heavy atom. The lowest BCUT2D eigenvalue weighted by Crippen LogP contribution is -2.61. The normalized spacial score (nSPS) is 27.3. The maximum absolute atomic E-state index is 10.5. The number of phenolic OH excluding ortho intramolecular Hbond substituents is 1. The quantitative estimate of drug-likeness (QED) is 0.676. The molecule has 6 heteroatoms. The summed E-state index contributed by atoms with van der Waals surface area (Å²) < 4.78 is 1.85. The molecule has 0 radical (unpaired) electrons. The van der Waals surface area contributed by atoms with Gasteiger partial charge in [-0.25, -0.2) is 4.98 Å². The standard InChI is InChI=1S/C24H27N5O/c1-23-6-3-7-24(2,28-23)13-17(12-23)10-18-14-27-21(15-26-18)20-5-4-19(11-22(20)30)29-9-8-25-16-29/h4-5,8-11,14-16,28,30H,3,6-7,12-13H2,1-2H3/t23-,24+. The van der Waals surface area contributed by atoms with Crippen molar-refractivity contribution in [2.45, 2.75) is 57.0 Å². The SMILES string of the molecule is C[C@]12CCC[C@](C)(CC(=Cc3cnc(-c4ccc(-n5ccnc5)cc4O)cn3)C1)N2. The molecular weight excluding hydrogens is 374 g/mol. The van der Waals surface area contributed by atoms with Crippen molar-refractivity contribution in [1.82, 2.24) is 24.8 Å². The molecule has 5 rings (SSSR count). The van der Waals surface area contributed by atoms with Crippen molar-refractivity contribution in [3.63, 3.8) is 0 Å². The van der Waals surface area contributed by atoms with Crippen molar-refractivity contribution in [2.75, 3.05) is 0 Å². The summed E-state index contributed by atoms with van der Waals surface area (Å²) in [6.07, 6.45) is 16.8. The Hall–Kier alpha value is -2.99. The zero-order valence-electron chi connectivity index (χ0n) is 17.5. The first-order valence-electron chi connectivity index (χ1n) is 10.5. The van der Waals surface area contributed by atoms with Crippen molar-refractivity contribution in [1.29, 1.82) is 0 Å². The van der Waals surface area contributed by atoms with Crippen LogP contribution in [0.15, 0.2) is 54.9 Å². The third kappa shape index (κ3) is 3.63. The summed E-state index contributed by atoms with van der Waals surface area (Å²) in [5.74, 6) is 0.175. The third-order valence-corrected chi connectivity index (χ3v) is 6.38. The van der Waals surface area contributed by atoms with E-state index in [9.17, 15) is 5.11 Å².